The molecule has 0 aliphatic carbocycles. The summed E-state index contributed by atoms with van der Waals surface area (Å²) in [5.74, 6) is -2.12. The maximum atomic E-state index is 15.0. The standard InChI is InChI=1S/C26H26F5N7O2/c1-14-9-19(27)20(34-24(39)18-13-32-38(23(18)28)25(3,4)26(29,30)31)12-17(14)16-10-21-33-15(2)35-37(21)22(11-16)36-5-7-40-8-6-36/h9-13H,5-8H2,1-4H3,(H,34,39). The first-order chi connectivity index (χ1) is 18.8. The molecule has 212 valence electrons. The Kier molecular flexibility index (Phi) is 6.76. The molecular formula is C26H26F5N7O2. The van der Waals surface area contributed by atoms with Crippen molar-refractivity contribution in [2.75, 3.05) is 36.5 Å². The van der Waals surface area contributed by atoms with Crippen LogP contribution in [0.2, 0.25) is 0 Å². The molecule has 5 rings (SSSR count). The molecule has 3 aromatic heterocycles. The van der Waals surface area contributed by atoms with Crippen molar-refractivity contribution in [3.63, 3.8) is 0 Å². The van der Waals surface area contributed by atoms with Crippen molar-refractivity contribution in [1.82, 2.24) is 24.4 Å². The quantitative estimate of drug-likeness (QED) is 0.349. The number of morpholine rings is 1. The number of anilines is 2. The van der Waals surface area contributed by atoms with E-state index in [1.165, 1.54) is 12.1 Å². The van der Waals surface area contributed by atoms with Gasteiger partial charge in [0.15, 0.2) is 11.2 Å². The van der Waals surface area contributed by atoms with Crippen LogP contribution in [0.4, 0.5) is 33.5 Å². The van der Waals surface area contributed by atoms with Gasteiger partial charge >= 0.3 is 6.18 Å². The number of nitrogens with zero attached hydrogens (tertiary/aromatic N) is 6. The average Bonchev–Trinajstić information content (AvgIpc) is 3.46. The average molecular weight is 564 g/mol. The number of hydrogen-bond acceptors (Lipinski definition) is 6. The monoisotopic (exact) mass is 563 g/mol. The molecule has 1 saturated heterocycles. The summed E-state index contributed by atoms with van der Waals surface area (Å²) in [6.07, 6.45) is -4.16. The number of fused-ring (bicyclic) bond motifs is 1. The second-order valence-corrected chi connectivity index (χ2v) is 10.0. The molecule has 9 nitrogen and oxygen atoms in total. The lowest BCUT2D eigenvalue weighted by Gasteiger charge is -2.29. The summed E-state index contributed by atoms with van der Waals surface area (Å²) in [5, 5.41) is 10.2. The molecule has 14 heteroatoms. The molecule has 1 amide bonds. The molecule has 40 heavy (non-hydrogen) atoms. The number of pyridine rings is 1. The van der Waals surface area contributed by atoms with Crippen LogP contribution in [0.25, 0.3) is 16.8 Å². The van der Waals surface area contributed by atoms with E-state index in [1.54, 1.807) is 24.4 Å². The van der Waals surface area contributed by atoms with Crippen molar-refractivity contribution >= 4 is 23.1 Å². The van der Waals surface area contributed by atoms with Gasteiger partial charge in [0, 0.05) is 13.1 Å². The van der Waals surface area contributed by atoms with E-state index in [1.807, 2.05) is 6.07 Å². The van der Waals surface area contributed by atoms with Gasteiger partial charge in [0.25, 0.3) is 5.91 Å². The maximum absolute atomic E-state index is 15.0. The number of rotatable bonds is 5. The molecule has 1 aromatic carbocycles. The van der Waals surface area contributed by atoms with Gasteiger partial charge in [-0.15, -0.1) is 5.10 Å². The molecule has 0 spiro atoms. The Bertz CT molecular complexity index is 1600. The minimum Gasteiger partial charge on any atom is -0.378 e. The third-order valence-electron chi connectivity index (χ3n) is 6.91. The van der Waals surface area contributed by atoms with Gasteiger partial charge in [0.2, 0.25) is 5.95 Å². The van der Waals surface area contributed by atoms with E-state index >= 15 is 0 Å². The predicted octanol–water partition coefficient (Wildman–Crippen LogP) is 4.87. The second-order valence-electron chi connectivity index (χ2n) is 10.0. The first-order valence-electron chi connectivity index (χ1n) is 12.4. The van der Waals surface area contributed by atoms with Gasteiger partial charge in [-0.2, -0.15) is 27.2 Å². The number of aromatic nitrogens is 5. The van der Waals surface area contributed by atoms with E-state index < -0.39 is 35.0 Å². The summed E-state index contributed by atoms with van der Waals surface area (Å²) in [7, 11) is 0. The zero-order valence-electron chi connectivity index (χ0n) is 22.1. The Morgan fingerprint density at radius 1 is 1.05 bits per heavy atom. The molecule has 1 fully saturated rings. The summed E-state index contributed by atoms with van der Waals surface area (Å²) in [4.78, 5) is 19.4. The van der Waals surface area contributed by atoms with Crippen molar-refractivity contribution in [2.24, 2.45) is 0 Å². The van der Waals surface area contributed by atoms with Gasteiger partial charge in [-0.25, -0.2) is 14.1 Å². The fraction of sp³-hybridized carbons (Fsp3) is 0.385. The van der Waals surface area contributed by atoms with Crippen LogP contribution in [0, 0.1) is 25.6 Å². The highest BCUT2D eigenvalue weighted by Crippen LogP contribution is 2.37. The molecular weight excluding hydrogens is 537 g/mol. The summed E-state index contributed by atoms with van der Waals surface area (Å²) < 4.78 is 77.4. The minimum absolute atomic E-state index is 0.0851. The second kappa shape index (κ2) is 9.84. The van der Waals surface area contributed by atoms with Crippen LogP contribution in [-0.4, -0.2) is 62.8 Å². The number of alkyl halides is 3. The number of carbonyl (C=O) groups is 1. The molecule has 0 unspecified atom stereocenters. The van der Waals surface area contributed by atoms with E-state index in [2.05, 4.69) is 25.4 Å². The van der Waals surface area contributed by atoms with E-state index in [4.69, 9.17) is 4.74 Å². The van der Waals surface area contributed by atoms with E-state index in [-0.39, 0.29) is 10.4 Å². The SMILES string of the molecule is Cc1nc2cc(-c3cc(NC(=O)c4cnn(C(C)(C)C(F)(F)F)c4F)c(F)cc3C)cc(N3CCOCC3)n2n1. The van der Waals surface area contributed by atoms with E-state index in [9.17, 15) is 26.7 Å². The minimum atomic E-state index is -4.84. The zero-order valence-corrected chi connectivity index (χ0v) is 22.1. The van der Waals surface area contributed by atoms with Crippen LogP contribution < -0.4 is 10.2 Å². The number of benzene rings is 1. The topological polar surface area (TPSA) is 89.6 Å². The Hall–Kier alpha value is -4.07. The van der Waals surface area contributed by atoms with Crippen molar-refractivity contribution in [3.05, 3.63) is 59.2 Å². The smallest absolute Gasteiger partial charge is 0.378 e. The van der Waals surface area contributed by atoms with Gasteiger partial charge < -0.3 is 15.0 Å². The Balaban J connectivity index is 1.52. The number of hydrogen-bond donors (Lipinski definition) is 1. The number of amides is 1. The van der Waals surface area contributed by atoms with Crippen LogP contribution >= 0.6 is 0 Å². The van der Waals surface area contributed by atoms with E-state index in [0.717, 1.165) is 19.7 Å². The van der Waals surface area contributed by atoms with Crippen molar-refractivity contribution in [3.8, 4) is 11.1 Å². The zero-order chi connectivity index (χ0) is 29.0. The lowest BCUT2D eigenvalue weighted by molar-refractivity contribution is -0.208. The molecule has 1 N–H and O–H groups in total. The Morgan fingerprint density at radius 3 is 2.42 bits per heavy atom. The largest absolute Gasteiger partial charge is 0.413 e. The summed E-state index contributed by atoms with van der Waals surface area (Å²) >= 11 is 0. The Labute approximate surface area is 225 Å². The predicted molar refractivity (Wildman–Crippen MR) is 136 cm³/mol. The fourth-order valence-corrected chi connectivity index (χ4v) is 4.51. The third-order valence-corrected chi connectivity index (χ3v) is 6.91. The highest BCUT2D eigenvalue weighted by atomic mass is 19.4. The van der Waals surface area contributed by atoms with Gasteiger partial charge in [-0.1, -0.05) is 0 Å². The summed E-state index contributed by atoms with van der Waals surface area (Å²) in [5.41, 5.74) is -1.41. The van der Waals surface area contributed by atoms with E-state index in [0.29, 0.717) is 60.7 Å². The molecule has 1 aliphatic rings. The third kappa shape index (κ3) is 4.76. The summed E-state index contributed by atoms with van der Waals surface area (Å²) in [6.45, 7) is 7.27. The van der Waals surface area contributed by atoms with Gasteiger partial charge in [-0.05, 0) is 68.7 Å². The first kappa shape index (κ1) is 27.5. The lowest BCUT2D eigenvalue weighted by Crippen LogP contribution is -2.43. The Morgan fingerprint density at radius 2 is 1.75 bits per heavy atom. The molecule has 4 heterocycles. The van der Waals surface area contributed by atoms with Crippen LogP contribution in [0.3, 0.4) is 0 Å². The van der Waals surface area contributed by atoms with Gasteiger partial charge in [-0.3, -0.25) is 4.79 Å². The number of nitrogens with one attached hydrogen (secondary N) is 1. The molecule has 0 radical (unpaired) electrons. The number of aryl methyl sites for hydroxylation is 2. The molecule has 0 atom stereocenters. The highest BCUT2D eigenvalue weighted by Gasteiger charge is 2.51. The van der Waals surface area contributed by atoms with Crippen molar-refractivity contribution < 1.29 is 31.5 Å². The van der Waals surface area contributed by atoms with Crippen LogP contribution in [0.1, 0.15) is 35.6 Å². The number of halogens is 5. The first-order valence-corrected chi connectivity index (χ1v) is 12.4. The molecule has 1 aliphatic heterocycles. The fourth-order valence-electron chi connectivity index (χ4n) is 4.51. The van der Waals surface area contributed by atoms with Crippen LogP contribution in [-0.2, 0) is 10.3 Å². The molecule has 0 bridgehead atoms. The molecule has 4 aromatic rings. The lowest BCUT2D eigenvalue weighted by atomic mass is 9.99. The maximum Gasteiger partial charge on any atom is 0.413 e. The van der Waals surface area contributed by atoms with Crippen molar-refractivity contribution in [2.45, 2.75) is 39.4 Å². The normalized spacial score (nSPS) is 14.7. The number of ether oxygens (including phenoxy) is 1. The number of carbonyl (C=O) groups excluding carboxylic acids is 1. The van der Waals surface area contributed by atoms with Gasteiger partial charge in [0.1, 0.15) is 23.0 Å². The highest BCUT2D eigenvalue weighted by molar-refractivity contribution is 6.04. The molecule has 0 saturated carbocycles. The van der Waals surface area contributed by atoms with Crippen molar-refractivity contribution in [1.29, 1.82) is 0 Å². The van der Waals surface area contributed by atoms with Gasteiger partial charge in [0.05, 0.1) is 25.1 Å². The van der Waals surface area contributed by atoms with Crippen LogP contribution in [0.5, 0.6) is 0 Å². The van der Waals surface area contributed by atoms with Crippen LogP contribution in [0.15, 0.2) is 30.5 Å². The summed E-state index contributed by atoms with van der Waals surface area (Å²) in [6, 6.07) is 6.26.